The van der Waals surface area contributed by atoms with Gasteiger partial charge in [0, 0.05) is 12.1 Å². The topological polar surface area (TPSA) is 17.8 Å². The van der Waals surface area contributed by atoms with Gasteiger partial charge < -0.3 is 0 Å². The van der Waals surface area contributed by atoms with Crippen LogP contribution >= 0.6 is 11.6 Å². The number of hydrogen-bond donors (Lipinski definition) is 0. The number of halogens is 4. The standard InChI is InChI=1S/C7H8ClF3N2/c1-3-13-6(8)4(2)5(12-13)7(9,10)11/h3H2,1-2H3. The Morgan fingerprint density at radius 3 is 2.23 bits per heavy atom. The molecule has 13 heavy (non-hydrogen) atoms. The van der Waals surface area contributed by atoms with Crippen LogP contribution in [0.2, 0.25) is 5.15 Å². The monoisotopic (exact) mass is 212 g/mol. The Kier molecular flexibility index (Phi) is 2.56. The first kappa shape index (κ1) is 10.4. The van der Waals surface area contributed by atoms with Crippen LogP contribution in [0.5, 0.6) is 0 Å². The van der Waals surface area contributed by atoms with Crippen LogP contribution in [-0.2, 0) is 12.7 Å². The van der Waals surface area contributed by atoms with E-state index in [1.807, 2.05) is 0 Å². The Morgan fingerprint density at radius 1 is 1.46 bits per heavy atom. The van der Waals surface area contributed by atoms with Gasteiger partial charge in [-0.2, -0.15) is 18.3 Å². The quantitative estimate of drug-likeness (QED) is 0.700. The zero-order valence-electron chi connectivity index (χ0n) is 7.11. The molecule has 1 heterocycles. The molecule has 74 valence electrons. The van der Waals surface area contributed by atoms with Crippen molar-refractivity contribution in [1.82, 2.24) is 9.78 Å². The fourth-order valence-corrected chi connectivity index (χ4v) is 1.26. The van der Waals surface area contributed by atoms with E-state index < -0.39 is 11.9 Å². The van der Waals surface area contributed by atoms with E-state index in [1.54, 1.807) is 6.92 Å². The molecule has 0 aliphatic heterocycles. The smallest absolute Gasteiger partial charge is 0.253 e. The van der Waals surface area contributed by atoms with Gasteiger partial charge in [-0.05, 0) is 13.8 Å². The van der Waals surface area contributed by atoms with Gasteiger partial charge in [0.05, 0.1) is 0 Å². The molecule has 0 spiro atoms. The first-order chi connectivity index (χ1) is 5.88. The molecule has 0 saturated heterocycles. The predicted octanol–water partition coefficient (Wildman–Crippen LogP) is 2.88. The summed E-state index contributed by atoms with van der Waals surface area (Å²) in [4.78, 5) is 0. The minimum Gasteiger partial charge on any atom is -0.253 e. The van der Waals surface area contributed by atoms with Crippen molar-refractivity contribution in [3.63, 3.8) is 0 Å². The van der Waals surface area contributed by atoms with Crippen molar-refractivity contribution in [3.05, 3.63) is 16.4 Å². The third kappa shape index (κ3) is 1.80. The average Bonchev–Trinajstić information content (AvgIpc) is 2.28. The van der Waals surface area contributed by atoms with Crippen molar-refractivity contribution in [2.75, 3.05) is 0 Å². The minimum atomic E-state index is -4.42. The van der Waals surface area contributed by atoms with Gasteiger partial charge in [0.25, 0.3) is 0 Å². The lowest BCUT2D eigenvalue weighted by Crippen LogP contribution is -2.08. The van der Waals surface area contributed by atoms with Crippen LogP contribution in [0.1, 0.15) is 18.2 Å². The number of aryl methyl sites for hydroxylation is 1. The number of aromatic nitrogens is 2. The third-order valence-corrected chi connectivity index (χ3v) is 2.16. The zero-order chi connectivity index (χ0) is 10.2. The molecule has 0 N–H and O–H groups in total. The molecule has 0 amide bonds. The Hall–Kier alpha value is -0.710. The molecule has 0 unspecified atom stereocenters. The summed E-state index contributed by atoms with van der Waals surface area (Å²) in [6.07, 6.45) is -4.42. The molecule has 0 atom stereocenters. The Balaban J connectivity index is 3.25. The molecular formula is C7H8ClF3N2. The number of hydrogen-bond acceptors (Lipinski definition) is 1. The van der Waals surface area contributed by atoms with Crippen LogP contribution in [0.4, 0.5) is 13.2 Å². The van der Waals surface area contributed by atoms with E-state index in [2.05, 4.69) is 5.10 Å². The van der Waals surface area contributed by atoms with Crippen molar-refractivity contribution in [1.29, 1.82) is 0 Å². The van der Waals surface area contributed by atoms with E-state index in [0.29, 0.717) is 6.54 Å². The van der Waals surface area contributed by atoms with Gasteiger partial charge in [0.2, 0.25) is 0 Å². The SMILES string of the molecule is CCn1nc(C(F)(F)F)c(C)c1Cl. The molecule has 2 nitrogen and oxygen atoms in total. The summed E-state index contributed by atoms with van der Waals surface area (Å²) in [5.41, 5.74) is -0.921. The second kappa shape index (κ2) is 3.21. The van der Waals surface area contributed by atoms with Crippen LogP contribution in [0.3, 0.4) is 0 Å². The molecule has 0 bridgehead atoms. The van der Waals surface area contributed by atoms with Gasteiger partial charge >= 0.3 is 6.18 Å². The molecule has 0 aromatic carbocycles. The normalized spacial score (nSPS) is 12.2. The van der Waals surface area contributed by atoms with Crippen molar-refractivity contribution in [2.45, 2.75) is 26.6 Å². The molecule has 0 radical (unpaired) electrons. The highest BCUT2D eigenvalue weighted by Crippen LogP contribution is 2.33. The van der Waals surface area contributed by atoms with Gasteiger partial charge in [-0.3, -0.25) is 4.68 Å². The number of alkyl halides is 3. The minimum absolute atomic E-state index is 0.0176. The molecule has 6 heteroatoms. The van der Waals surface area contributed by atoms with Gasteiger partial charge in [-0.15, -0.1) is 0 Å². The van der Waals surface area contributed by atoms with E-state index in [1.165, 1.54) is 6.92 Å². The summed E-state index contributed by atoms with van der Waals surface area (Å²) in [6.45, 7) is 3.32. The molecule has 0 saturated carbocycles. The Bertz CT molecular complexity index is 316. The Morgan fingerprint density at radius 2 is 2.00 bits per heavy atom. The van der Waals surface area contributed by atoms with E-state index in [4.69, 9.17) is 11.6 Å². The molecule has 1 aromatic heterocycles. The highest BCUT2D eigenvalue weighted by atomic mass is 35.5. The zero-order valence-corrected chi connectivity index (χ0v) is 7.87. The van der Waals surface area contributed by atoms with E-state index >= 15 is 0 Å². The fourth-order valence-electron chi connectivity index (χ4n) is 1.01. The van der Waals surface area contributed by atoms with Gasteiger partial charge in [0.15, 0.2) is 5.69 Å². The van der Waals surface area contributed by atoms with E-state index in [-0.39, 0.29) is 10.7 Å². The third-order valence-electron chi connectivity index (χ3n) is 1.68. The maximum absolute atomic E-state index is 12.2. The molecule has 0 aliphatic carbocycles. The molecular weight excluding hydrogens is 205 g/mol. The summed E-state index contributed by atoms with van der Waals surface area (Å²) in [5.74, 6) is 0. The van der Waals surface area contributed by atoms with Crippen LogP contribution in [0.15, 0.2) is 0 Å². The van der Waals surface area contributed by atoms with Gasteiger partial charge in [0.1, 0.15) is 5.15 Å². The van der Waals surface area contributed by atoms with Crippen molar-refractivity contribution >= 4 is 11.6 Å². The molecule has 0 fully saturated rings. The highest BCUT2D eigenvalue weighted by molar-refractivity contribution is 6.30. The fraction of sp³-hybridized carbons (Fsp3) is 0.571. The maximum Gasteiger partial charge on any atom is 0.435 e. The van der Waals surface area contributed by atoms with Crippen molar-refractivity contribution in [2.24, 2.45) is 0 Å². The predicted molar refractivity (Wildman–Crippen MR) is 42.7 cm³/mol. The summed E-state index contributed by atoms with van der Waals surface area (Å²) < 4.78 is 37.9. The second-order valence-corrected chi connectivity index (χ2v) is 2.94. The van der Waals surface area contributed by atoms with Crippen molar-refractivity contribution < 1.29 is 13.2 Å². The lowest BCUT2D eigenvalue weighted by molar-refractivity contribution is -0.141. The number of nitrogens with zero attached hydrogens (tertiary/aromatic N) is 2. The summed E-state index contributed by atoms with van der Waals surface area (Å²) in [5, 5.41) is 3.41. The second-order valence-electron chi connectivity index (χ2n) is 2.58. The van der Waals surface area contributed by atoms with Crippen LogP contribution in [-0.4, -0.2) is 9.78 Å². The molecule has 1 aromatic rings. The largest absolute Gasteiger partial charge is 0.435 e. The van der Waals surface area contributed by atoms with Crippen molar-refractivity contribution in [3.8, 4) is 0 Å². The first-order valence-corrected chi connectivity index (χ1v) is 4.05. The maximum atomic E-state index is 12.2. The molecule has 0 aliphatic rings. The average molecular weight is 213 g/mol. The van der Waals surface area contributed by atoms with E-state index in [0.717, 1.165) is 4.68 Å². The molecule has 1 rings (SSSR count). The van der Waals surface area contributed by atoms with Crippen LogP contribution < -0.4 is 0 Å². The number of rotatable bonds is 1. The van der Waals surface area contributed by atoms with E-state index in [9.17, 15) is 13.2 Å². The Labute approximate surface area is 78.3 Å². The summed E-state index contributed by atoms with van der Waals surface area (Å²) in [6, 6.07) is 0. The van der Waals surface area contributed by atoms with Gasteiger partial charge in [-0.1, -0.05) is 11.6 Å². The van der Waals surface area contributed by atoms with Gasteiger partial charge in [-0.25, -0.2) is 0 Å². The van der Waals surface area contributed by atoms with Crippen LogP contribution in [0, 0.1) is 6.92 Å². The highest BCUT2D eigenvalue weighted by Gasteiger charge is 2.37. The lowest BCUT2D eigenvalue weighted by Gasteiger charge is -2.01. The summed E-state index contributed by atoms with van der Waals surface area (Å²) >= 11 is 5.62. The first-order valence-electron chi connectivity index (χ1n) is 3.68. The lowest BCUT2D eigenvalue weighted by atomic mass is 10.3. The summed E-state index contributed by atoms with van der Waals surface area (Å²) in [7, 11) is 0. The van der Waals surface area contributed by atoms with Crippen LogP contribution in [0.25, 0.3) is 0 Å².